The van der Waals surface area contributed by atoms with Crippen LogP contribution in [0.4, 0.5) is 0 Å². The first-order chi connectivity index (χ1) is 9.83. The Bertz CT molecular complexity index is 741. The number of para-hydroxylation sites is 1. The van der Waals surface area contributed by atoms with Gasteiger partial charge in [0.15, 0.2) is 0 Å². The lowest BCUT2D eigenvalue weighted by Gasteiger charge is -2.10. The molecule has 0 aliphatic heterocycles. The van der Waals surface area contributed by atoms with Crippen LogP contribution in [0.5, 0.6) is 5.75 Å². The molecule has 0 aliphatic rings. The summed E-state index contributed by atoms with van der Waals surface area (Å²) in [5.41, 5.74) is 1.91. The van der Waals surface area contributed by atoms with Gasteiger partial charge >= 0.3 is 0 Å². The Labute approximate surface area is 121 Å². The SMILES string of the molecule is CCOc1ccccc1-c1ccnc2nc(SC)nn12. The highest BCUT2D eigenvalue weighted by Crippen LogP contribution is 2.29. The van der Waals surface area contributed by atoms with Gasteiger partial charge in [0.05, 0.1) is 12.3 Å². The van der Waals surface area contributed by atoms with Crippen LogP contribution in [-0.2, 0) is 0 Å². The molecular weight excluding hydrogens is 272 g/mol. The predicted octanol–water partition coefficient (Wildman–Crippen LogP) is 2.91. The van der Waals surface area contributed by atoms with Crippen LogP contribution in [0.2, 0.25) is 0 Å². The molecule has 0 spiro atoms. The third-order valence-corrected chi connectivity index (χ3v) is 3.40. The minimum Gasteiger partial charge on any atom is -0.493 e. The molecule has 0 amide bonds. The summed E-state index contributed by atoms with van der Waals surface area (Å²) in [4.78, 5) is 8.60. The molecule has 20 heavy (non-hydrogen) atoms. The number of hydrogen-bond acceptors (Lipinski definition) is 5. The normalized spacial score (nSPS) is 10.9. The molecule has 102 valence electrons. The number of hydrogen-bond donors (Lipinski definition) is 0. The maximum absolute atomic E-state index is 5.69. The van der Waals surface area contributed by atoms with Crippen molar-refractivity contribution in [3.05, 3.63) is 36.5 Å². The maximum Gasteiger partial charge on any atom is 0.253 e. The van der Waals surface area contributed by atoms with Crippen molar-refractivity contribution in [2.75, 3.05) is 12.9 Å². The molecule has 0 radical (unpaired) electrons. The monoisotopic (exact) mass is 286 g/mol. The quantitative estimate of drug-likeness (QED) is 0.690. The van der Waals surface area contributed by atoms with Crippen LogP contribution in [0.15, 0.2) is 41.7 Å². The van der Waals surface area contributed by atoms with Crippen molar-refractivity contribution < 1.29 is 4.74 Å². The predicted molar refractivity (Wildman–Crippen MR) is 79.2 cm³/mol. The first-order valence-electron chi connectivity index (χ1n) is 6.31. The minimum absolute atomic E-state index is 0.596. The fourth-order valence-electron chi connectivity index (χ4n) is 2.03. The summed E-state index contributed by atoms with van der Waals surface area (Å²) in [6.45, 7) is 2.60. The summed E-state index contributed by atoms with van der Waals surface area (Å²) in [5.74, 6) is 1.43. The van der Waals surface area contributed by atoms with E-state index in [2.05, 4.69) is 15.1 Å². The molecule has 3 aromatic rings. The first kappa shape index (κ1) is 12.9. The van der Waals surface area contributed by atoms with Crippen molar-refractivity contribution in [3.63, 3.8) is 0 Å². The topological polar surface area (TPSA) is 52.3 Å². The average Bonchev–Trinajstić information content (AvgIpc) is 2.91. The van der Waals surface area contributed by atoms with Gasteiger partial charge in [-0.25, -0.2) is 4.98 Å². The van der Waals surface area contributed by atoms with Crippen LogP contribution < -0.4 is 4.74 Å². The summed E-state index contributed by atoms with van der Waals surface area (Å²) >= 11 is 1.50. The lowest BCUT2D eigenvalue weighted by molar-refractivity contribution is 0.341. The summed E-state index contributed by atoms with van der Waals surface area (Å²) < 4.78 is 7.44. The number of nitrogens with zero attached hydrogens (tertiary/aromatic N) is 4. The zero-order valence-corrected chi connectivity index (χ0v) is 12.1. The molecule has 0 bridgehead atoms. The van der Waals surface area contributed by atoms with Gasteiger partial charge in [0, 0.05) is 11.8 Å². The van der Waals surface area contributed by atoms with E-state index < -0.39 is 0 Å². The van der Waals surface area contributed by atoms with E-state index in [0.717, 1.165) is 17.0 Å². The molecule has 2 aromatic heterocycles. The van der Waals surface area contributed by atoms with E-state index in [1.54, 1.807) is 10.7 Å². The van der Waals surface area contributed by atoms with Crippen molar-refractivity contribution >= 4 is 17.5 Å². The molecule has 0 unspecified atom stereocenters. The summed E-state index contributed by atoms with van der Waals surface area (Å²) in [6.07, 6.45) is 3.69. The van der Waals surface area contributed by atoms with E-state index in [9.17, 15) is 0 Å². The van der Waals surface area contributed by atoms with Crippen LogP contribution in [0.3, 0.4) is 0 Å². The summed E-state index contributed by atoms with van der Waals surface area (Å²) in [5, 5.41) is 5.17. The lowest BCUT2D eigenvalue weighted by atomic mass is 10.1. The molecule has 0 atom stereocenters. The largest absolute Gasteiger partial charge is 0.493 e. The zero-order valence-electron chi connectivity index (χ0n) is 11.3. The van der Waals surface area contributed by atoms with Crippen LogP contribution in [0.1, 0.15) is 6.92 Å². The average molecular weight is 286 g/mol. The van der Waals surface area contributed by atoms with Gasteiger partial charge in [-0.05, 0) is 31.4 Å². The maximum atomic E-state index is 5.69. The molecule has 0 saturated carbocycles. The molecule has 0 saturated heterocycles. The Hall–Kier alpha value is -2.08. The van der Waals surface area contributed by atoms with E-state index in [1.807, 2.05) is 43.5 Å². The van der Waals surface area contributed by atoms with Crippen molar-refractivity contribution in [1.82, 2.24) is 19.6 Å². The van der Waals surface area contributed by atoms with Crippen molar-refractivity contribution in [3.8, 4) is 17.0 Å². The summed E-state index contributed by atoms with van der Waals surface area (Å²) in [7, 11) is 0. The first-order valence-corrected chi connectivity index (χ1v) is 7.54. The molecule has 0 aliphatic carbocycles. The highest BCUT2D eigenvalue weighted by atomic mass is 32.2. The van der Waals surface area contributed by atoms with Crippen molar-refractivity contribution in [1.29, 1.82) is 0 Å². The van der Waals surface area contributed by atoms with Gasteiger partial charge in [-0.2, -0.15) is 9.50 Å². The van der Waals surface area contributed by atoms with Crippen molar-refractivity contribution in [2.24, 2.45) is 0 Å². The molecule has 1 aromatic carbocycles. The minimum atomic E-state index is 0.596. The second-order valence-corrected chi connectivity index (χ2v) is 4.84. The molecule has 5 nitrogen and oxygen atoms in total. The smallest absolute Gasteiger partial charge is 0.253 e. The summed E-state index contributed by atoms with van der Waals surface area (Å²) in [6, 6.07) is 9.83. The highest BCUT2D eigenvalue weighted by Gasteiger charge is 2.12. The van der Waals surface area contributed by atoms with Gasteiger partial charge in [-0.3, -0.25) is 0 Å². The third kappa shape index (κ3) is 2.22. The van der Waals surface area contributed by atoms with Crippen molar-refractivity contribution in [2.45, 2.75) is 12.1 Å². The van der Waals surface area contributed by atoms with E-state index in [1.165, 1.54) is 11.8 Å². The number of benzene rings is 1. The molecule has 6 heteroatoms. The Morgan fingerprint density at radius 2 is 2.10 bits per heavy atom. The van der Waals surface area contributed by atoms with Gasteiger partial charge in [0.1, 0.15) is 5.75 Å². The number of fused-ring (bicyclic) bond motifs is 1. The van der Waals surface area contributed by atoms with E-state index in [4.69, 9.17) is 4.74 Å². The number of ether oxygens (including phenoxy) is 1. The number of rotatable bonds is 4. The molecule has 3 rings (SSSR count). The molecule has 0 N–H and O–H groups in total. The number of aromatic nitrogens is 4. The molecule has 0 fully saturated rings. The van der Waals surface area contributed by atoms with Gasteiger partial charge in [0.25, 0.3) is 5.78 Å². The van der Waals surface area contributed by atoms with Crippen LogP contribution in [0, 0.1) is 0 Å². The lowest BCUT2D eigenvalue weighted by Crippen LogP contribution is -1.99. The van der Waals surface area contributed by atoms with Crippen LogP contribution in [0.25, 0.3) is 17.0 Å². The van der Waals surface area contributed by atoms with Gasteiger partial charge in [-0.15, -0.1) is 5.10 Å². The Morgan fingerprint density at radius 3 is 2.90 bits per heavy atom. The molecule has 2 heterocycles. The fraction of sp³-hybridized carbons (Fsp3) is 0.214. The third-order valence-electron chi connectivity index (χ3n) is 2.87. The molecular formula is C14H14N4OS. The fourth-order valence-corrected chi connectivity index (χ4v) is 2.36. The zero-order chi connectivity index (χ0) is 13.9. The van der Waals surface area contributed by atoms with E-state index in [-0.39, 0.29) is 0 Å². The highest BCUT2D eigenvalue weighted by molar-refractivity contribution is 7.98. The van der Waals surface area contributed by atoms with E-state index in [0.29, 0.717) is 17.5 Å². The van der Waals surface area contributed by atoms with Crippen LogP contribution in [-0.4, -0.2) is 32.4 Å². The second kappa shape index (κ2) is 5.50. The second-order valence-electron chi connectivity index (χ2n) is 4.07. The Kier molecular flexibility index (Phi) is 3.56. The Morgan fingerprint density at radius 1 is 1.25 bits per heavy atom. The van der Waals surface area contributed by atoms with Gasteiger partial charge < -0.3 is 4.74 Å². The van der Waals surface area contributed by atoms with E-state index >= 15 is 0 Å². The standard InChI is InChI=1S/C14H14N4OS/c1-3-19-12-7-5-4-6-10(12)11-8-9-15-13-16-14(20-2)17-18(11)13/h4-9H,3H2,1-2H3. The number of thioether (sulfide) groups is 1. The van der Waals surface area contributed by atoms with Gasteiger partial charge in [-0.1, -0.05) is 23.9 Å². The van der Waals surface area contributed by atoms with Crippen LogP contribution >= 0.6 is 11.8 Å². The van der Waals surface area contributed by atoms with Gasteiger partial charge in [0.2, 0.25) is 5.16 Å². The Balaban J connectivity index is 2.21.